The van der Waals surface area contributed by atoms with Crippen LogP contribution >= 0.6 is 0 Å². The predicted molar refractivity (Wildman–Crippen MR) is 75.8 cm³/mol. The van der Waals surface area contributed by atoms with Crippen molar-refractivity contribution in [2.75, 3.05) is 14.1 Å². The molecular weight excluding hydrogens is 278 g/mol. The Hall–Kier alpha value is -2.57. The number of rotatable bonds is 4. The fourth-order valence-corrected chi connectivity index (χ4v) is 1.62. The first kappa shape index (κ1) is 14.8. The number of hydrogen-bond acceptors (Lipinski definition) is 3. The molecule has 1 aromatic heterocycles. The van der Waals surface area contributed by atoms with Crippen LogP contribution in [0.25, 0.3) is 0 Å². The maximum Gasteiger partial charge on any atom is 0.350 e. The third kappa shape index (κ3) is 3.95. The van der Waals surface area contributed by atoms with E-state index in [1.165, 1.54) is 30.6 Å². The van der Waals surface area contributed by atoms with Gasteiger partial charge in [0, 0.05) is 20.3 Å². The maximum absolute atomic E-state index is 13.8. The van der Waals surface area contributed by atoms with Gasteiger partial charge in [0.1, 0.15) is 5.82 Å². The largest absolute Gasteiger partial charge is 0.369 e. The van der Waals surface area contributed by atoms with Crippen molar-refractivity contribution in [2.24, 2.45) is 4.99 Å². The Balaban J connectivity index is 2.28. The van der Waals surface area contributed by atoms with Crippen molar-refractivity contribution in [2.45, 2.75) is 6.54 Å². The van der Waals surface area contributed by atoms with Gasteiger partial charge < -0.3 is 4.90 Å². The minimum atomic E-state index is -0.699. The van der Waals surface area contributed by atoms with Crippen LogP contribution in [0.1, 0.15) is 5.56 Å². The van der Waals surface area contributed by atoms with Crippen LogP contribution in [0, 0.1) is 11.6 Å². The van der Waals surface area contributed by atoms with Crippen LogP contribution in [0.5, 0.6) is 0 Å². The highest BCUT2D eigenvalue weighted by Gasteiger charge is 2.08. The summed E-state index contributed by atoms with van der Waals surface area (Å²) < 4.78 is 27.8. The molecule has 0 aliphatic rings. The fraction of sp³-hybridized carbons (Fsp3) is 0.214. The summed E-state index contributed by atoms with van der Waals surface area (Å²) in [4.78, 5) is 20.8. The molecule has 2 aromatic rings. The molecule has 7 heteroatoms. The van der Waals surface area contributed by atoms with Gasteiger partial charge in [-0.25, -0.2) is 18.6 Å². The molecule has 0 fully saturated rings. The summed E-state index contributed by atoms with van der Waals surface area (Å²) >= 11 is 0. The second-order valence-corrected chi connectivity index (χ2v) is 4.66. The van der Waals surface area contributed by atoms with Crippen molar-refractivity contribution < 1.29 is 8.78 Å². The van der Waals surface area contributed by atoms with Crippen molar-refractivity contribution >= 4 is 12.2 Å². The van der Waals surface area contributed by atoms with E-state index in [0.717, 1.165) is 10.8 Å². The predicted octanol–water partition coefficient (Wildman–Crippen LogP) is 1.79. The number of nitrogens with zero attached hydrogens (tertiary/aromatic N) is 4. The smallest absolute Gasteiger partial charge is 0.350 e. The van der Waals surface area contributed by atoms with E-state index in [4.69, 9.17) is 0 Å². The molecule has 0 radical (unpaired) electrons. The number of aromatic nitrogens is 2. The molecule has 0 aliphatic heterocycles. The molecule has 1 heterocycles. The Kier molecular flexibility index (Phi) is 4.42. The van der Waals surface area contributed by atoms with E-state index in [0.29, 0.717) is 5.56 Å². The van der Waals surface area contributed by atoms with E-state index < -0.39 is 11.5 Å². The molecule has 21 heavy (non-hydrogen) atoms. The van der Waals surface area contributed by atoms with Crippen molar-refractivity contribution in [3.8, 4) is 0 Å². The van der Waals surface area contributed by atoms with E-state index in [1.54, 1.807) is 19.0 Å². The molecule has 0 saturated carbocycles. The summed E-state index contributed by atoms with van der Waals surface area (Å²) in [5, 5.41) is 0. The van der Waals surface area contributed by atoms with E-state index in [-0.39, 0.29) is 18.2 Å². The van der Waals surface area contributed by atoms with Gasteiger partial charge in [0.25, 0.3) is 0 Å². The zero-order valence-electron chi connectivity index (χ0n) is 11.6. The number of hydrogen-bond donors (Lipinski definition) is 0. The minimum Gasteiger partial charge on any atom is -0.369 e. The van der Waals surface area contributed by atoms with Crippen molar-refractivity contribution in [1.29, 1.82) is 0 Å². The first-order chi connectivity index (χ1) is 9.95. The summed E-state index contributed by atoms with van der Waals surface area (Å²) in [5.41, 5.74) is 0.0517. The number of aliphatic imine (C=N–C) groups is 1. The summed E-state index contributed by atoms with van der Waals surface area (Å²) in [7, 11) is 3.44. The Labute approximate surface area is 120 Å². The normalized spacial score (nSPS) is 11.0. The van der Waals surface area contributed by atoms with Gasteiger partial charge in [0.05, 0.1) is 12.9 Å². The Morgan fingerprint density at radius 1 is 1.29 bits per heavy atom. The van der Waals surface area contributed by atoms with Crippen LogP contribution in [0.4, 0.5) is 14.6 Å². The van der Waals surface area contributed by atoms with Crippen LogP contribution in [-0.2, 0) is 6.54 Å². The maximum atomic E-state index is 13.8. The average molecular weight is 292 g/mol. The third-order valence-corrected chi connectivity index (χ3v) is 2.61. The van der Waals surface area contributed by atoms with E-state index in [1.807, 2.05) is 0 Å². The molecule has 0 spiro atoms. The number of benzene rings is 1. The molecule has 2 rings (SSSR count). The van der Waals surface area contributed by atoms with Gasteiger partial charge >= 0.3 is 5.69 Å². The molecule has 0 bridgehead atoms. The molecule has 0 amide bonds. The molecule has 0 N–H and O–H groups in total. The molecule has 0 saturated heterocycles. The van der Waals surface area contributed by atoms with Gasteiger partial charge in [-0.2, -0.15) is 4.98 Å². The summed E-state index contributed by atoms with van der Waals surface area (Å²) in [6, 6.07) is 5.61. The van der Waals surface area contributed by atoms with Crippen LogP contribution < -0.4 is 5.69 Å². The Morgan fingerprint density at radius 2 is 1.95 bits per heavy atom. The topological polar surface area (TPSA) is 50.5 Å². The van der Waals surface area contributed by atoms with E-state index in [2.05, 4.69) is 9.98 Å². The average Bonchev–Trinajstić information content (AvgIpc) is 2.43. The van der Waals surface area contributed by atoms with Gasteiger partial charge in [-0.05, 0) is 17.7 Å². The second-order valence-electron chi connectivity index (χ2n) is 4.66. The molecule has 5 nitrogen and oxygen atoms in total. The highest BCUT2D eigenvalue weighted by atomic mass is 19.1. The van der Waals surface area contributed by atoms with Crippen LogP contribution in [0.2, 0.25) is 0 Å². The van der Waals surface area contributed by atoms with Crippen LogP contribution in [-0.4, -0.2) is 34.9 Å². The molecule has 1 aromatic carbocycles. The molecule has 110 valence electrons. The van der Waals surface area contributed by atoms with E-state index >= 15 is 0 Å². The lowest BCUT2D eigenvalue weighted by Gasteiger charge is -2.07. The first-order valence-electron chi connectivity index (χ1n) is 6.18. The summed E-state index contributed by atoms with van der Waals surface area (Å²) in [6.07, 6.45) is 2.40. The van der Waals surface area contributed by atoms with Crippen LogP contribution in [0.3, 0.4) is 0 Å². The second kappa shape index (κ2) is 6.25. The molecule has 0 atom stereocenters. The molecule has 0 aliphatic carbocycles. The lowest BCUT2D eigenvalue weighted by Crippen LogP contribution is -2.23. The lowest BCUT2D eigenvalue weighted by molar-refractivity contribution is 0.580. The minimum absolute atomic E-state index is 0.112. The van der Waals surface area contributed by atoms with Crippen LogP contribution in [0.15, 0.2) is 40.2 Å². The Morgan fingerprint density at radius 3 is 2.57 bits per heavy atom. The van der Waals surface area contributed by atoms with Crippen molar-refractivity contribution in [1.82, 2.24) is 14.5 Å². The summed E-state index contributed by atoms with van der Waals surface area (Å²) in [6.45, 7) is 0.112. The zero-order chi connectivity index (χ0) is 15.4. The highest BCUT2D eigenvalue weighted by Crippen LogP contribution is 2.11. The van der Waals surface area contributed by atoms with Gasteiger partial charge in [0.15, 0.2) is 11.6 Å². The van der Waals surface area contributed by atoms with Crippen molar-refractivity contribution in [3.63, 3.8) is 0 Å². The highest BCUT2D eigenvalue weighted by molar-refractivity contribution is 5.58. The molecular formula is C14H14F2N4O. The molecule has 0 unspecified atom stereocenters. The monoisotopic (exact) mass is 292 g/mol. The Bertz CT molecular complexity index is 708. The number of halogens is 2. The summed E-state index contributed by atoms with van der Waals surface area (Å²) in [5.74, 6) is -1.33. The first-order valence-corrected chi connectivity index (χ1v) is 6.18. The SMILES string of the molecule is CN(C)/C=N\c1nc(=O)n(Cc2ccc(F)cc2)cc1F. The van der Waals surface area contributed by atoms with Gasteiger partial charge in [-0.3, -0.25) is 4.57 Å². The lowest BCUT2D eigenvalue weighted by atomic mass is 10.2. The fourth-order valence-electron chi connectivity index (χ4n) is 1.62. The zero-order valence-corrected chi connectivity index (χ0v) is 11.6. The quantitative estimate of drug-likeness (QED) is 0.637. The van der Waals surface area contributed by atoms with E-state index in [9.17, 15) is 13.6 Å². The van der Waals surface area contributed by atoms with Crippen molar-refractivity contribution in [3.05, 3.63) is 58.1 Å². The van der Waals surface area contributed by atoms with Gasteiger partial charge in [0.2, 0.25) is 0 Å². The van der Waals surface area contributed by atoms with Gasteiger partial charge in [-0.15, -0.1) is 0 Å². The standard InChI is InChI=1S/C14H14F2N4O/c1-19(2)9-17-13-12(16)8-20(14(21)18-13)7-10-3-5-11(15)6-4-10/h3-6,8-9H,7H2,1-2H3/b17-9-. The van der Waals surface area contributed by atoms with Gasteiger partial charge in [-0.1, -0.05) is 12.1 Å². The third-order valence-electron chi connectivity index (χ3n) is 2.61.